The fourth-order valence-corrected chi connectivity index (χ4v) is 5.58. The highest BCUT2D eigenvalue weighted by Crippen LogP contribution is 2.39. The molecule has 1 N–H and O–H groups in total. The lowest BCUT2D eigenvalue weighted by atomic mass is 9.89. The summed E-state index contributed by atoms with van der Waals surface area (Å²) in [6.45, 7) is 4.12. The number of anilines is 1. The summed E-state index contributed by atoms with van der Waals surface area (Å²) < 4.78 is 0.789. The molecule has 0 aliphatic heterocycles. The van der Waals surface area contributed by atoms with Gasteiger partial charge < -0.3 is 5.32 Å². The van der Waals surface area contributed by atoms with Crippen LogP contribution >= 0.6 is 34.4 Å². The average Bonchev–Trinajstić information content (AvgIpc) is 3.07. The van der Waals surface area contributed by atoms with Gasteiger partial charge in [0.1, 0.15) is 16.1 Å². The van der Waals surface area contributed by atoms with E-state index in [9.17, 15) is 10.1 Å². The third-order valence-electron chi connectivity index (χ3n) is 3.71. The van der Waals surface area contributed by atoms with Crippen LogP contribution in [-0.4, -0.2) is 21.9 Å². The van der Waals surface area contributed by atoms with Gasteiger partial charge in [0, 0.05) is 4.88 Å². The molecule has 1 atom stereocenters. The number of nitriles is 1. The Morgan fingerprint density at radius 3 is 3.00 bits per heavy atom. The number of nitrogens with zero attached hydrogens (tertiary/aromatic N) is 3. The maximum absolute atomic E-state index is 12.2. The van der Waals surface area contributed by atoms with Crippen molar-refractivity contribution in [1.82, 2.24) is 10.2 Å². The van der Waals surface area contributed by atoms with Crippen LogP contribution in [0.1, 0.15) is 34.4 Å². The van der Waals surface area contributed by atoms with Crippen molar-refractivity contribution in [2.45, 2.75) is 37.4 Å². The van der Waals surface area contributed by atoms with Crippen molar-refractivity contribution in [3.63, 3.8) is 0 Å². The van der Waals surface area contributed by atoms with Crippen molar-refractivity contribution >= 4 is 45.3 Å². The number of nitrogens with one attached hydrogen (secondary N) is 1. The second-order valence-electron chi connectivity index (χ2n) is 5.59. The minimum Gasteiger partial charge on any atom is -0.316 e. The number of thiophene rings is 1. The van der Waals surface area contributed by atoms with Crippen LogP contribution in [0.3, 0.4) is 0 Å². The lowest BCUT2D eigenvalue weighted by Crippen LogP contribution is -2.14. The maximum Gasteiger partial charge on any atom is 0.235 e. The second-order valence-corrected chi connectivity index (χ2v) is 9.10. The normalized spacial score (nSPS) is 16.7. The van der Waals surface area contributed by atoms with E-state index in [-0.39, 0.29) is 11.7 Å². The van der Waals surface area contributed by atoms with E-state index in [4.69, 9.17) is 0 Å². The second kappa shape index (κ2) is 6.99. The zero-order valence-corrected chi connectivity index (χ0v) is 15.3. The summed E-state index contributed by atoms with van der Waals surface area (Å²) in [5, 5.41) is 21.9. The van der Waals surface area contributed by atoms with Crippen LogP contribution < -0.4 is 5.32 Å². The Bertz CT molecular complexity index is 774. The van der Waals surface area contributed by atoms with E-state index in [1.54, 1.807) is 11.3 Å². The topological polar surface area (TPSA) is 78.7 Å². The van der Waals surface area contributed by atoms with Crippen LogP contribution in [-0.2, 0) is 17.6 Å². The van der Waals surface area contributed by atoms with E-state index in [0.29, 0.717) is 16.5 Å². The van der Waals surface area contributed by atoms with Crippen LogP contribution in [0.2, 0.25) is 0 Å². The van der Waals surface area contributed by atoms with Gasteiger partial charge >= 0.3 is 0 Å². The zero-order chi connectivity index (χ0) is 16.4. The van der Waals surface area contributed by atoms with Gasteiger partial charge in [-0.3, -0.25) is 4.79 Å². The molecule has 0 saturated carbocycles. The molecule has 0 fully saturated rings. The van der Waals surface area contributed by atoms with E-state index < -0.39 is 0 Å². The molecule has 2 aromatic rings. The number of hydrogen-bond donors (Lipinski definition) is 1. The largest absolute Gasteiger partial charge is 0.316 e. The van der Waals surface area contributed by atoms with E-state index in [1.807, 2.05) is 6.92 Å². The van der Waals surface area contributed by atoms with Gasteiger partial charge in [0.25, 0.3) is 0 Å². The molecule has 120 valence electrons. The Hall–Kier alpha value is -1.43. The molecule has 8 heteroatoms. The molecule has 2 heterocycles. The van der Waals surface area contributed by atoms with Crippen LogP contribution in [0.5, 0.6) is 0 Å². The maximum atomic E-state index is 12.2. The smallest absolute Gasteiger partial charge is 0.235 e. The summed E-state index contributed by atoms with van der Waals surface area (Å²) in [7, 11) is 0. The highest BCUT2D eigenvalue weighted by molar-refractivity contribution is 8.01. The summed E-state index contributed by atoms with van der Waals surface area (Å²) in [4.78, 5) is 13.4. The first-order valence-electron chi connectivity index (χ1n) is 7.34. The molecular weight excluding hydrogens is 348 g/mol. The molecule has 0 radical (unpaired) electrons. The van der Waals surface area contributed by atoms with Crippen LogP contribution in [0.25, 0.3) is 0 Å². The predicted octanol–water partition coefficient (Wildman–Crippen LogP) is 3.64. The Morgan fingerprint density at radius 1 is 1.48 bits per heavy atom. The molecule has 0 aromatic carbocycles. The molecule has 0 saturated heterocycles. The van der Waals surface area contributed by atoms with Crippen molar-refractivity contribution < 1.29 is 4.79 Å². The first-order chi connectivity index (χ1) is 11.1. The first-order valence-corrected chi connectivity index (χ1v) is 9.96. The number of fused-ring (bicyclic) bond motifs is 1. The van der Waals surface area contributed by atoms with Gasteiger partial charge in [-0.1, -0.05) is 30.0 Å². The molecule has 1 aliphatic carbocycles. The Labute approximate surface area is 147 Å². The molecule has 1 amide bonds. The van der Waals surface area contributed by atoms with E-state index in [1.165, 1.54) is 28.0 Å². The lowest BCUT2D eigenvalue weighted by molar-refractivity contribution is -0.113. The van der Waals surface area contributed by atoms with Crippen molar-refractivity contribution in [3.8, 4) is 6.07 Å². The molecule has 1 aliphatic rings. The monoisotopic (exact) mass is 364 g/mol. The standard InChI is InChI=1S/C15H16N4OS3/c1-8-3-4-10-11(6-16)14(23-12(10)5-8)17-13(20)7-21-15-19-18-9(2)22-15/h8H,3-5,7H2,1-2H3,(H,17,20)/t8-/m0/s1. The van der Waals surface area contributed by atoms with Crippen molar-refractivity contribution in [2.75, 3.05) is 11.1 Å². The average molecular weight is 365 g/mol. The zero-order valence-electron chi connectivity index (χ0n) is 12.9. The van der Waals surface area contributed by atoms with Crippen molar-refractivity contribution in [3.05, 3.63) is 21.0 Å². The molecule has 0 unspecified atom stereocenters. The Balaban J connectivity index is 1.67. The van der Waals surface area contributed by atoms with Gasteiger partial charge in [-0.2, -0.15) is 5.26 Å². The van der Waals surface area contributed by atoms with Gasteiger partial charge in [0.05, 0.1) is 11.3 Å². The van der Waals surface area contributed by atoms with Crippen LogP contribution in [0, 0.1) is 24.2 Å². The molecular formula is C15H16N4OS3. The number of hydrogen-bond acceptors (Lipinski definition) is 7. The highest BCUT2D eigenvalue weighted by Gasteiger charge is 2.24. The summed E-state index contributed by atoms with van der Waals surface area (Å²) >= 11 is 4.40. The summed E-state index contributed by atoms with van der Waals surface area (Å²) in [6, 6.07) is 2.27. The summed E-state index contributed by atoms with van der Waals surface area (Å²) in [5.41, 5.74) is 1.79. The number of amides is 1. The van der Waals surface area contributed by atoms with Crippen LogP contribution in [0.4, 0.5) is 5.00 Å². The van der Waals surface area contributed by atoms with Gasteiger partial charge in [-0.15, -0.1) is 21.5 Å². The van der Waals surface area contributed by atoms with E-state index in [0.717, 1.165) is 34.2 Å². The van der Waals surface area contributed by atoms with Crippen molar-refractivity contribution in [2.24, 2.45) is 5.92 Å². The fraction of sp³-hybridized carbons (Fsp3) is 0.467. The molecule has 5 nitrogen and oxygen atoms in total. The van der Waals surface area contributed by atoms with Crippen LogP contribution in [0.15, 0.2) is 4.34 Å². The number of aromatic nitrogens is 2. The number of aryl methyl sites for hydroxylation is 1. The predicted molar refractivity (Wildman–Crippen MR) is 94.2 cm³/mol. The highest BCUT2D eigenvalue weighted by atomic mass is 32.2. The number of rotatable bonds is 4. The van der Waals surface area contributed by atoms with Gasteiger partial charge in [0.15, 0.2) is 4.34 Å². The van der Waals surface area contributed by atoms with Gasteiger partial charge in [0.2, 0.25) is 5.91 Å². The van der Waals surface area contributed by atoms with Gasteiger partial charge in [-0.05, 0) is 37.7 Å². The number of carbonyl (C=O) groups is 1. The SMILES string of the molecule is Cc1nnc(SCC(=O)Nc2sc3c(c2C#N)CC[C@H](C)C3)s1. The molecule has 23 heavy (non-hydrogen) atoms. The third kappa shape index (κ3) is 3.74. The summed E-state index contributed by atoms with van der Waals surface area (Å²) in [6.07, 6.45) is 3.05. The fourth-order valence-electron chi connectivity index (χ4n) is 2.58. The van der Waals surface area contributed by atoms with Gasteiger partial charge in [-0.25, -0.2) is 0 Å². The number of thioether (sulfide) groups is 1. The molecule has 2 aromatic heterocycles. The van der Waals surface area contributed by atoms with E-state index >= 15 is 0 Å². The number of carbonyl (C=O) groups excluding carboxylic acids is 1. The molecule has 0 bridgehead atoms. The van der Waals surface area contributed by atoms with Crippen molar-refractivity contribution in [1.29, 1.82) is 5.26 Å². The summed E-state index contributed by atoms with van der Waals surface area (Å²) in [5.74, 6) is 0.816. The molecule has 3 rings (SSSR count). The minimum atomic E-state index is -0.106. The minimum absolute atomic E-state index is 0.106. The first kappa shape index (κ1) is 16.4. The third-order valence-corrected chi connectivity index (χ3v) is 6.85. The Morgan fingerprint density at radius 2 is 2.30 bits per heavy atom. The van der Waals surface area contributed by atoms with E-state index in [2.05, 4.69) is 28.5 Å². The molecule has 0 spiro atoms. The Kier molecular flexibility index (Phi) is 4.99. The quantitative estimate of drug-likeness (QED) is 0.838. The lowest BCUT2D eigenvalue weighted by Gasteiger charge is -2.17.